The quantitative estimate of drug-likeness (QED) is 0.170. The van der Waals surface area contributed by atoms with E-state index in [1.807, 2.05) is 72.8 Å². The average molecular weight is 579 g/mol. The van der Waals surface area contributed by atoms with Gasteiger partial charge in [-0.1, -0.05) is 63.9 Å². The number of anilines is 4. The van der Waals surface area contributed by atoms with Gasteiger partial charge in [-0.2, -0.15) is 20.1 Å². The first-order chi connectivity index (χ1) is 18.1. The largest absolute Gasteiger partial charge is 0.488 e. The fourth-order valence-corrected chi connectivity index (χ4v) is 4.43. The molecule has 188 valence electrons. The smallest absolute Gasteiger partial charge is 0.250 e. The normalized spacial score (nSPS) is 13.2. The number of hydrogen-bond acceptors (Lipinski definition) is 8. The summed E-state index contributed by atoms with van der Waals surface area (Å²) in [4.78, 5) is 15.9. The number of aromatic nitrogens is 3. The number of rotatable bonds is 9. The van der Waals surface area contributed by atoms with Crippen molar-refractivity contribution < 1.29 is 4.74 Å². The first kappa shape index (κ1) is 25.0. The zero-order chi connectivity index (χ0) is 25.5. The Hall–Kier alpha value is -3.69. The van der Waals surface area contributed by atoms with E-state index in [1.54, 1.807) is 6.21 Å². The van der Waals surface area contributed by atoms with Crippen molar-refractivity contribution in [3.8, 4) is 5.75 Å². The molecule has 0 bridgehead atoms. The average Bonchev–Trinajstić information content (AvgIpc) is 3.45. The molecule has 1 saturated heterocycles. The van der Waals surface area contributed by atoms with Crippen LogP contribution >= 0.6 is 27.5 Å². The van der Waals surface area contributed by atoms with Gasteiger partial charge in [-0.3, -0.25) is 0 Å². The Morgan fingerprint density at radius 1 is 0.946 bits per heavy atom. The van der Waals surface area contributed by atoms with E-state index < -0.39 is 0 Å². The van der Waals surface area contributed by atoms with Crippen LogP contribution in [0.15, 0.2) is 82.4 Å². The molecule has 0 spiro atoms. The van der Waals surface area contributed by atoms with Crippen molar-refractivity contribution >= 4 is 57.3 Å². The topological polar surface area (TPSA) is 87.6 Å². The van der Waals surface area contributed by atoms with Crippen LogP contribution in [0.25, 0.3) is 0 Å². The Morgan fingerprint density at radius 3 is 2.51 bits per heavy atom. The molecule has 0 amide bonds. The molecule has 1 aromatic heterocycles. The van der Waals surface area contributed by atoms with Crippen molar-refractivity contribution in [2.45, 2.75) is 19.4 Å². The van der Waals surface area contributed by atoms with Crippen LogP contribution in [0.2, 0.25) is 5.02 Å². The standard InChI is InChI=1S/C27H25BrClN7O/c28-21-12-13-24(37-18-19-8-4-5-11-23(19)29)20(16-21)17-30-35-26-32-25(31-22-9-2-1-3-10-22)33-27(34-26)36-14-6-7-15-36/h1-5,8-13,16-17H,6-7,14-15,18H2,(H2,31,32,33,34,35)/b30-17-. The van der Waals surface area contributed by atoms with Crippen LogP contribution < -0.4 is 20.4 Å². The third-order valence-electron chi connectivity index (χ3n) is 5.72. The Balaban J connectivity index is 1.34. The van der Waals surface area contributed by atoms with E-state index in [1.165, 1.54) is 0 Å². The predicted octanol–water partition coefficient (Wildman–Crippen LogP) is 6.66. The highest BCUT2D eigenvalue weighted by Crippen LogP contribution is 2.25. The minimum absolute atomic E-state index is 0.344. The van der Waals surface area contributed by atoms with Gasteiger partial charge in [0.05, 0.1) is 6.21 Å². The Kier molecular flexibility index (Phi) is 8.12. The molecular formula is C27H25BrClN7O. The molecule has 2 N–H and O–H groups in total. The van der Waals surface area contributed by atoms with Gasteiger partial charge >= 0.3 is 0 Å². The summed E-state index contributed by atoms with van der Waals surface area (Å²) < 4.78 is 6.96. The van der Waals surface area contributed by atoms with E-state index >= 15 is 0 Å². The van der Waals surface area contributed by atoms with Crippen molar-refractivity contribution in [1.82, 2.24) is 15.0 Å². The summed E-state index contributed by atoms with van der Waals surface area (Å²) in [6.45, 7) is 2.18. The SMILES string of the molecule is Clc1ccccc1COc1ccc(Br)cc1/C=N\Nc1nc(Nc2ccccc2)nc(N2CCCC2)n1. The fourth-order valence-electron chi connectivity index (χ4n) is 3.86. The number of hydrogen-bond donors (Lipinski definition) is 2. The van der Waals surface area contributed by atoms with Crippen molar-refractivity contribution in [2.75, 3.05) is 28.7 Å². The number of halogens is 2. The third kappa shape index (κ3) is 6.75. The Bertz CT molecular complexity index is 1380. The number of para-hydroxylation sites is 1. The van der Waals surface area contributed by atoms with E-state index in [4.69, 9.17) is 16.3 Å². The molecule has 1 aliphatic heterocycles. The summed E-state index contributed by atoms with van der Waals surface area (Å²) in [5, 5.41) is 8.32. The van der Waals surface area contributed by atoms with Crippen LogP contribution in [0, 0.1) is 0 Å². The summed E-state index contributed by atoms with van der Waals surface area (Å²) >= 11 is 9.80. The summed E-state index contributed by atoms with van der Waals surface area (Å²) in [5.74, 6) is 2.09. The molecule has 1 fully saturated rings. The molecule has 2 heterocycles. The van der Waals surface area contributed by atoms with Gasteiger partial charge in [0.15, 0.2) is 0 Å². The molecule has 4 aromatic rings. The van der Waals surface area contributed by atoms with Crippen LogP contribution in [-0.2, 0) is 6.61 Å². The van der Waals surface area contributed by atoms with Gasteiger partial charge in [-0.15, -0.1) is 0 Å². The van der Waals surface area contributed by atoms with E-state index in [2.05, 4.69) is 51.6 Å². The lowest BCUT2D eigenvalue weighted by molar-refractivity contribution is 0.306. The molecule has 0 atom stereocenters. The van der Waals surface area contributed by atoms with E-state index in [-0.39, 0.29) is 0 Å². The van der Waals surface area contributed by atoms with Gasteiger partial charge in [0.2, 0.25) is 17.8 Å². The molecule has 3 aromatic carbocycles. The highest BCUT2D eigenvalue weighted by Gasteiger charge is 2.17. The lowest BCUT2D eigenvalue weighted by atomic mass is 10.2. The Morgan fingerprint density at radius 2 is 1.70 bits per heavy atom. The van der Waals surface area contributed by atoms with Gasteiger partial charge in [0, 0.05) is 39.4 Å². The van der Waals surface area contributed by atoms with E-state index in [0.717, 1.165) is 47.2 Å². The summed E-state index contributed by atoms with van der Waals surface area (Å²) in [7, 11) is 0. The lowest BCUT2D eigenvalue weighted by Gasteiger charge is -2.16. The first-order valence-electron chi connectivity index (χ1n) is 11.9. The van der Waals surface area contributed by atoms with Crippen molar-refractivity contribution in [3.05, 3.63) is 93.4 Å². The van der Waals surface area contributed by atoms with E-state index in [0.29, 0.717) is 35.2 Å². The monoisotopic (exact) mass is 577 g/mol. The minimum Gasteiger partial charge on any atom is -0.488 e. The number of nitrogens with zero attached hydrogens (tertiary/aromatic N) is 5. The summed E-state index contributed by atoms with van der Waals surface area (Å²) in [6.07, 6.45) is 3.91. The first-order valence-corrected chi connectivity index (χ1v) is 13.1. The molecule has 5 rings (SSSR count). The summed E-state index contributed by atoms with van der Waals surface area (Å²) in [6, 6.07) is 23.1. The zero-order valence-electron chi connectivity index (χ0n) is 19.9. The van der Waals surface area contributed by atoms with Gasteiger partial charge in [-0.25, -0.2) is 5.43 Å². The second-order valence-electron chi connectivity index (χ2n) is 8.40. The maximum absolute atomic E-state index is 6.28. The molecular weight excluding hydrogens is 554 g/mol. The van der Waals surface area contributed by atoms with E-state index in [9.17, 15) is 0 Å². The second kappa shape index (κ2) is 12.0. The lowest BCUT2D eigenvalue weighted by Crippen LogP contribution is -2.21. The van der Waals surface area contributed by atoms with Crippen LogP contribution in [-0.4, -0.2) is 34.3 Å². The number of hydrazone groups is 1. The number of ether oxygens (including phenoxy) is 1. The number of benzene rings is 3. The van der Waals surface area contributed by atoms with Crippen LogP contribution in [0.1, 0.15) is 24.0 Å². The molecule has 0 unspecified atom stereocenters. The fraction of sp³-hybridized carbons (Fsp3) is 0.185. The Labute approximate surface area is 228 Å². The molecule has 0 aliphatic carbocycles. The zero-order valence-corrected chi connectivity index (χ0v) is 22.3. The van der Waals surface area contributed by atoms with Gasteiger partial charge in [0.1, 0.15) is 12.4 Å². The predicted molar refractivity (Wildman–Crippen MR) is 152 cm³/mol. The molecule has 0 saturated carbocycles. The third-order valence-corrected chi connectivity index (χ3v) is 6.59. The number of nitrogens with one attached hydrogen (secondary N) is 2. The maximum atomic E-state index is 6.28. The van der Waals surface area contributed by atoms with Crippen LogP contribution in [0.3, 0.4) is 0 Å². The van der Waals surface area contributed by atoms with Crippen molar-refractivity contribution in [3.63, 3.8) is 0 Å². The molecule has 1 aliphatic rings. The van der Waals surface area contributed by atoms with Crippen molar-refractivity contribution in [2.24, 2.45) is 5.10 Å². The van der Waals surface area contributed by atoms with Crippen LogP contribution in [0.4, 0.5) is 23.5 Å². The van der Waals surface area contributed by atoms with Gasteiger partial charge in [0.25, 0.3) is 0 Å². The molecule has 8 nitrogen and oxygen atoms in total. The van der Waals surface area contributed by atoms with Gasteiger partial charge in [-0.05, 0) is 49.2 Å². The molecule has 0 radical (unpaired) electrons. The minimum atomic E-state index is 0.344. The van der Waals surface area contributed by atoms with Crippen molar-refractivity contribution in [1.29, 1.82) is 0 Å². The maximum Gasteiger partial charge on any atom is 0.250 e. The molecule has 37 heavy (non-hydrogen) atoms. The highest BCUT2D eigenvalue weighted by molar-refractivity contribution is 9.10. The summed E-state index contributed by atoms with van der Waals surface area (Å²) in [5.41, 5.74) is 5.55. The van der Waals surface area contributed by atoms with Crippen LogP contribution in [0.5, 0.6) is 5.75 Å². The highest BCUT2D eigenvalue weighted by atomic mass is 79.9. The van der Waals surface area contributed by atoms with Gasteiger partial charge < -0.3 is 15.0 Å². The second-order valence-corrected chi connectivity index (χ2v) is 9.72. The molecule has 10 heteroatoms.